The van der Waals surface area contributed by atoms with Crippen LogP contribution in [0, 0.1) is 17.5 Å². The van der Waals surface area contributed by atoms with Crippen LogP contribution in [0.1, 0.15) is 12.5 Å². The second-order valence-electron chi connectivity index (χ2n) is 5.32. The molecule has 4 nitrogen and oxygen atoms in total. The molecule has 0 spiro atoms. The van der Waals surface area contributed by atoms with Crippen molar-refractivity contribution in [2.45, 2.75) is 13.3 Å². The second kappa shape index (κ2) is 8.32. The van der Waals surface area contributed by atoms with Crippen LogP contribution in [-0.4, -0.2) is 29.8 Å². The first-order valence-electron chi connectivity index (χ1n) is 7.67. The van der Waals surface area contributed by atoms with Gasteiger partial charge in [-0.1, -0.05) is 24.3 Å². The third-order valence-corrected chi connectivity index (χ3v) is 3.60. The van der Waals surface area contributed by atoms with Crippen molar-refractivity contribution in [2.24, 2.45) is 0 Å². The van der Waals surface area contributed by atoms with E-state index in [4.69, 9.17) is 0 Å². The summed E-state index contributed by atoms with van der Waals surface area (Å²) in [6, 6.07) is 9.05. The van der Waals surface area contributed by atoms with Crippen LogP contribution in [0.15, 0.2) is 42.5 Å². The zero-order chi connectivity index (χ0) is 18.4. The fourth-order valence-electron chi connectivity index (χ4n) is 2.26. The van der Waals surface area contributed by atoms with E-state index in [0.29, 0.717) is 0 Å². The number of hydrogen-bond acceptors (Lipinski definition) is 2. The van der Waals surface area contributed by atoms with Crippen LogP contribution < -0.4 is 5.32 Å². The molecule has 0 heterocycles. The van der Waals surface area contributed by atoms with E-state index in [1.807, 2.05) is 0 Å². The number of likely N-dealkylation sites (N-methyl/N-ethyl adjacent to an activating group) is 1. The second-order valence-corrected chi connectivity index (χ2v) is 5.32. The number of benzene rings is 2. The Hall–Kier alpha value is -2.83. The molecule has 0 fully saturated rings. The molecule has 0 radical (unpaired) electrons. The van der Waals surface area contributed by atoms with Crippen molar-refractivity contribution in [3.8, 4) is 0 Å². The Morgan fingerprint density at radius 1 is 0.960 bits per heavy atom. The molecule has 2 aromatic carbocycles. The van der Waals surface area contributed by atoms with E-state index in [9.17, 15) is 22.8 Å². The van der Waals surface area contributed by atoms with Crippen LogP contribution in [0.2, 0.25) is 0 Å². The minimum Gasteiger partial charge on any atom is -0.333 e. The Balaban J connectivity index is 2.02. The number of para-hydroxylation sites is 1. The van der Waals surface area contributed by atoms with E-state index in [2.05, 4.69) is 5.32 Å². The van der Waals surface area contributed by atoms with Gasteiger partial charge in [-0.05, 0) is 30.7 Å². The summed E-state index contributed by atoms with van der Waals surface area (Å²) < 4.78 is 40.7. The number of hydrogen-bond donors (Lipinski definition) is 1. The summed E-state index contributed by atoms with van der Waals surface area (Å²) in [5.41, 5.74) is -0.350. The summed E-state index contributed by atoms with van der Waals surface area (Å²) in [5, 5.41) is 2.12. The maximum atomic E-state index is 13.6. The van der Waals surface area contributed by atoms with Gasteiger partial charge in [0, 0.05) is 6.54 Å². The zero-order valence-corrected chi connectivity index (χ0v) is 13.6. The van der Waals surface area contributed by atoms with E-state index in [0.717, 1.165) is 12.1 Å². The molecule has 0 aliphatic rings. The van der Waals surface area contributed by atoms with Crippen LogP contribution in [0.4, 0.5) is 18.9 Å². The number of halogens is 3. The highest BCUT2D eigenvalue weighted by atomic mass is 19.1. The molecule has 0 saturated heterocycles. The quantitative estimate of drug-likeness (QED) is 0.870. The average molecular weight is 350 g/mol. The Labute approximate surface area is 143 Å². The van der Waals surface area contributed by atoms with Gasteiger partial charge in [0.2, 0.25) is 11.8 Å². The fraction of sp³-hybridized carbons (Fsp3) is 0.222. The van der Waals surface area contributed by atoms with Gasteiger partial charge in [0.15, 0.2) is 0 Å². The lowest BCUT2D eigenvalue weighted by Crippen LogP contribution is -2.39. The molecule has 0 aliphatic heterocycles. The highest BCUT2D eigenvalue weighted by Crippen LogP contribution is 2.18. The van der Waals surface area contributed by atoms with Gasteiger partial charge >= 0.3 is 0 Å². The minimum absolute atomic E-state index is 0.195. The molecular formula is C18H17F3N2O2. The molecule has 1 N–H and O–H groups in total. The fourth-order valence-corrected chi connectivity index (χ4v) is 2.26. The van der Waals surface area contributed by atoms with Crippen molar-refractivity contribution in [1.82, 2.24) is 4.90 Å². The number of nitrogens with zero attached hydrogens (tertiary/aromatic N) is 1. The summed E-state index contributed by atoms with van der Waals surface area (Å²) >= 11 is 0. The highest BCUT2D eigenvalue weighted by molar-refractivity contribution is 5.95. The topological polar surface area (TPSA) is 49.4 Å². The third kappa shape index (κ3) is 4.82. The molecule has 2 amide bonds. The smallest absolute Gasteiger partial charge is 0.244 e. The molecule has 2 rings (SSSR count). The molecule has 0 atom stereocenters. The molecule has 0 unspecified atom stereocenters. The van der Waals surface area contributed by atoms with Crippen molar-refractivity contribution >= 4 is 17.5 Å². The molecule has 0 bridgehead atoms. The first-order chi connectivity index (χ1) is 11.9. The van der Waals surface area contributed by atoms with Gasteiger partial charge in [0.05, 0.1) is 13.0 Å². The van der Waals surface area contributed by atoms with E-state index in [-0.39, 0.29) is 18.5 Å². The van der Waals surface area contributed by atoms with Gasteiger partial charge in [-0.3, -0.25) is 9.59 Å². The van der Waals surface area contributed by atoms with Crippen molar-refractivity contribution in [2.75, 3.05) is 18.4 Å². The molecule has 0 saturated carbocycles. The van der Waals surface area contributed by atoms with Crippen molar-refractivity contribution < 1.29 is 22.8 Å². The van der Waals surface area contributed by atoms with E-state index < -0.39 is 41.5 Å². The third-order valence-electron chi connectivity index (χ3n) is 3.60. The van der Waals surface area contributed by atoms with Crippen LogP contribution in [0.5, 0.6) is 0 Å². The first kappa shape index (κ1) is 18.5. The largest absolute Gasteiger partial charge is 0.333 e. The Bertz CT molecular complexity index is 760. The SMILES string of the molecule is CCN(CC(=O)Nc1c(F)cccc1F)C(=O)Cc1ccccc1F. The van der Waals surface area contributed by atoms with Gasteiger partial charge in [-0.25, -0.2) is 13.2 Å². The number of anilines is 1. The summed E-state index contributed by atoms with van der Waals surface area (Å²) in [7, 11) is 0. The standard InChI is InChI=1S/C18H17F3N2O2/c1-2-23(17(25)10-12-6-3-4-7-13(12)19)11-16(24)22-18-14(20)8-5-9-15(18)21/h3-9H,2,10-11H2,1H3,(H,22,24). The van der Waals surface area contributed by atoms with Crippen LogP contribution in [0.3, 0.4) is 0 Å². The van der Waals surface area contributed by atoms with Crippen LogP contribution in [-0.2, 0) is 16.0 Å². The van der Waals surface area contributed by atoms with Gasteiger partial charge in [0.1, 0.15) is 23.1 Å². The first-order valence-corrected chi connectivity index (χ1v) is 7.67. The molecular weight excluding hydrogens is 333 g/mol. The molecule has 0 aliphatic carbocycles. The summed E-state index contributed by atoms with van der Waals surface area (Å²) in [5.74, 6) is -3.53. The lowest BCUT2D eigenvalue weighted by Gasteiger charge is -2.20. The van der Waals surface area contributed by atoms with Gasteiger partial charge in [-0.15, -0.1) is 0 Å². The monoisotopic (exact) mass is 350 g/mol. The van der Waals surface area contributed by atoms with Crippen molar-refractivity contribution in [3.63, 3.8) is 0 Å². The predicted octanol–water partition coefficient (Wildman–Crippen LogP) is 3.13. The van der Waals surface area contributed by atoms with Crippen LogP contribution >= 0.6 is 0 Å². The summed E-state index contributed by atoms with van der Waals surface area (Å²) in [6.07, 6.45) is -0.206. The molecule has 2 aromatic rings. The number of rotatable bonds is 6. The van der Waals surface area contributed by atoms with Gasteiger partial charge in [0.25, 0.3) is 0 Å². The van der Waals surface area contributed by atoms with E-state index in [1.54, 1.807) is 13.0 Å². The lowest BCUT2D eigenvalue weighted by molar-refractivity contribution is -0.133. The normalized spacial score (nSPS) is 10.4. The molecule has 7 heteroatoms. The number of nitrogens with one attached hydrogen (secondary N) is 1. The molecule has 0 aromatic heterocycles. The Morgan fingerprint density at radius 2 is 1.56 bits per heavy atom. The maximum Gasteiger partial charge on any atom is 0.244 e. The van der Waals surface area contributed by atoms with Gasteiger partial charge < -0.3 is 10.2 Å². The lowest BCUT2D eigenvalue weighted by atomic mass is 10.1. The summed E-state index contributed by atoms with van der Waals surface area (Å²) in [6.45, 7) is 1.45. The molecule has 132 valence electrons. The van der Waals surface area contributed by atoms with Crippen molar-refractivity contribution in [1.29, 1.82) is 0 Å². The Kier molecular flexibility index (Phi) is 6.16. The maximum absolute atomic E-state index is 13.6. The number of carbonyl (C=O) groups excluding carboxylic acids is 2. The van der Waals surface area contributed by atoms with Crippen molar-refractivity contribution in [3.05, 3.63) is 65.5 Å². The number of amides is 2. The van der Waals surface area contributed by atoms with E-state index in [1.165, 1.54) is 29.2 Å². The van der Waals surface area contributed by atoms with E-state index >= 15 is 0 Å². The van der Waals surface area contributed by atoms with Crippen LogP contribution in [0.25, 0.3) is 0 Å². The predicted molar refractivity (Wildman–Crippen MR) is 87.3 cm³/mol. The number of carbonyl (C=O) groups is 2. The summed E-state index contributed by atoms with van der Waals surface area (Å²) in [4.78, 5) is 25.4. The molecule has 25 heavy (non-hydrogen) atoms. The average Bonchev–Trinajstić information content (AvgIpc) is 2.58. The zero-order valence-electron chi connectivity index (χ0n) is 13.6. The highest BCUT2D eigenvalue weighted by Gasteiger charge is 2.19. The minimum atomic E-state index is -0.908. The Morgan fingerprint density at radius 3 is 2.16 bits per heavy atom. The van der Waals surface area contributed by atoms with Gasteiger partial charge in [-0.2, -0.15) is 0 Å².